The molecule has 0 amide bonds. The van der Waals surface area contributed by atoms with Crippen LogP contribution in [0.2, 0.25) is 54.4 Å². The second-order valence-corrected chi connectivity index (χ2v) is 37.6. The molecule has 3 aromatic rings. The van der Waals surface area contributed by atoms with E-state index < -0.39 is 92.7 Å². The van der Waals surface area contributed by atoms with Crippen molar-refractivity contribution in [3.05, 3.63) is 120 Å². The van der Waals surface area contributed by atoms with Gasteiger partial charge >= 0.3 is 0 Å². The molecule has 0 spiro atoms. The largest absolute Gasteiger partial charge is 0.414 e. The first-order valence-electron chi connectivity index (χ1n) is 24.6. The Kier molecular flexibility index (Phi) is 18.2. The van der Waals surface area contributed by atoms with Crippen molar-refractivity contribution in [2.45, 2.75) is 198 Å². The van der Waals surface area contributed by atoms with Crippen LogP contribution in [-0.4, -0.2) is 106 Å². The third kappa shape index (κ3) is 13.6. The monoisotopic (exact) mass is 993 g/mol. The minimum Gasteiger partial charge on any atom is -0.414 e. The second-order valence-electron chi connectivity index (χ2n) is 23.3. The van der Waals surface area contributed by atoms with Crippen molar-refractivity contribution in [3.63, 3.8) is 0 Å². The molecule has 3 aliphatic rings. The summed E-state index contributed by atoms with van der Waals surface area (Å²) in [6.07, 6.45) is -6.11. The molecule has 0 aromatic heterocycles. The molecule has 68 heavy (non-hydrogen) atoms. The highest BCUT2D eigenvalue weighted by Crippen LogP contribution is 2.46. The molecule has 3 saturated heterocycles. The summed E-state index contributed by atoms with van der Waals surface area (Å²) in [4.78, 5) is 0. The van der Waals surface area contributed by atoms with Gasteiger partial charge in [-0.25, -0.2) is 0 Å². The number of fused-ring (bicyclic) bond motifs is 1. The van der Waals surface area contributed by atoms with E-state index in [2.05, 4.69) is 132 Å². The van der Waals surface area contributed by atoms with Gasteiger partial charge in [-0.1, -0.05) is 159 Å². The van der Waals surface area contributed by atoms with Crippen molar-refractivity contribution < 1.29 is 51.2 Å². The molecule has 3 aromatic carbocycles. The Balaban J connectivity index is 1.49. The first-order chi connectivity index (χ1) is 31.8. The zero-order valence-corrected chi connectivity index (χ0v) is 46.8. The van der Waals surface area contributed by atoms with E-state index in [4.69, 9.17) is 51.2 Å². The molecular formula is C54H84O11Si3. The minimum absolute atomic E-state index is 0.0731. The Morgan fingerprint density at radius 2 is 1.06 bits per heavy atom. The predicted octanol–water partition coefficient (Wildman–Crippen LogP) is 12.1. The number of hydrogen-bond acceptors (Lipinski definition) is 11. The molecular weight excluding hydrogens is 909 g/mol. The van der Waals surface area contributed by atoms with Gasteiger partial charge in [-0.05, 0) is 65.5 Å². The fourth-order valence-electron chi connectivity index (χ4n) is 7.77. The van der Waals surface area contributed by atoms with E-state index in [9.17, 15) is 0 Å². The van der Waals surface area contributed by atoms with Gasteiger partial charge in [-0.2, -0.15) is 0 Å². The van der Waals surface area contributed by atoms with E-state index in [-0.39, 0.29) is 41.5 Å². The van der Waals surface area contributed by atoms with E-state index in [0.717, 1.165) is 16.7 Å². The number of benzene rings is 3. The van der Waals surface area contributed by atoms with E-state index in [1.807, 2.05) is 66.7 Å². The molecule has 0 N–H and O–H groups in total. The Hall–Kier alpha value is -2.39. The molecule has 11 atom stereocenters. The quantitative estimate of drug-likeness (QED) is 0.0847. The highest BCUT2D eigenvalue weighted by atomic mass is 28.4. The Morgan fingerprint density at radius 3 is 1.57 bits per heavy atom. The summed E-state index contributed by atoms with van der Waals surface area (Å²) in [6.45, 7) is 38.9. The fourth-order valence-corrected chi connectivity index (χ4v) is 11.3. The maximum Gasteiger partial charge on any atom is 0.192 e. The summed E-state index contributed by atoms with van der Waals surface area (Å²) in [5.74, 6) is 0. The smallest absolute Gasteiger partial charge is 0.192 e. The van der Waals surface area contributed by atoms with Gasteiger partial charge in [0.05, 0.1) is 33.0 Å². The standard InChI is InChI=1S/C54H84O11Si3/c1-17-33-55-45-43-41(36-58-49(62-43)40-31-25-20-26-32-40)61-51(48(45)65-68(15,16)54(8,9)10)63-44-42(37-59-66(11,12)52(2,3)4)60-50(57-35-39-29-23-19-24-30-39)47(64-67(13,14)53(5,6)7)46(44)56-34-38-27-21-18-22-28-38/h17-32,41-51H,1,33-37H2,2-16H3/t41-,42-,43+,44-,45+,46+,47-,48-,49+,50-,51+/m1/s1. The Bertz CT molecular complexity index is 2000. The third-order valence-corrected chi connectivity index (χ3v) is 28.5. The number of rotatable bonds is 19. The molecule has 0 bridgehead atoms. The van der Waals surface area contributed by atoms with E-state index in [0.29, 0.717) is 6.61 Å². The van der Waals surface area contributed by atoms with Gasteiger partial charge in [-0.15, -0.1) is 6.58 Å². The molecule has 0 unspecified atom stereocenters. The zero-order chi connectivity index (χ0) is 49.7. The van der Waals surface area contributed by atoms with Crippen LogP contribution >= 0.6 is 0 Å². The summed E-state index contributed by atoms with van der Waals surface area (Å²) in [5.41, 5.74) is 2.94. The van der Waals surface area contributed by atoms with Gasteiger partial charge in [0.15, 0.2) is 43.8 Å². The van der Waals surface area contributed by atoms with Crippen LogP contribution in [0.5, 0.6) is 0 Å². The maximum atomic E-state index is 7.60. The molecule has 0 radical (unpaired) electrons. The van der Waals surface area contributed by atoms with E-state index >= 15 is 0 Å². The van der Waals surface area contributed by atoms with Crippen LogP contribution in [0, 0.1) is 0 Å². The lowest BCUT2D eigenvalue weighted by atomic mass is 9.95. The van der Waals surface area contributed by atoms with Gasteiger partial charge in [0.2, 0.25) is 0 Å². The van der Waals surface area contributed by atoms with E-state index in [1.165, 1.54) is 0 Å². The maximum absolute atomic E-state index is 7.60. The van der Waals surface area contributed by atoms with Gasteiger partial charge in [0.1, 0.15) is 48.8 Å². The number of ether oxygens (including phenoxy) is 8. The Labute approximate surface area is 412 Å². The number of hydrogen-bond donors (Lipinski definition) is 0. The van der Waals surface area contributed by atoms with Crippen molar-refractivity contribution in [2.75, 3.05) is 19.8 Å². The van der Waals surface area contributed by atoms with Crippen LogP contribution in [0.4, 0.5) is 0 Å². The lowest BCUT2D eigenvalue weighted by Gasteiger charge is -2.54. The summed E-state index contributed by atoms with van der Waals surface area (Å²) in [7, 11) is -7.46. The molecule has 3 aliphatic heterocycles. The average Bonchev–Trinajstić information content (AvgIpc) is 3.27. The lowest BCUT2D eigenvalue weighted by Crippen LogP contribution is -2.69. The SMILES string of the molecule is C=CCO[C@H]1[C@H]2O[C@@H](c3ccccc3)OC[C@H]2O[C@@H](O[C@H]2[C@H](OCc3ccccc3)[C@@H](O[Si](C)(C)C(C)(C)C)[C@H](OCc3ccccc3)O[C@@H]2CO[Si](C)(C)C(C)(C)C)[C@@H]1O[Si](C)(C)C(C)(C)C. The van der Waals surface area contributed by atoms with Crippen molar-refractivity contribution in [1.82, 2.24) is 0 Å². The van der Waals surface area contributed by atoms with Crippen molar-refractivity contribution in [3.8, 4) is 0 Å². The van der Waals surface area contributed by atoms with Crippen LogP contribution in [0.25, 0.3) is 0 Å². The molecule has 3 heterocycles. The fraction of sp³-hybridized carbons (Fsp3) is 0.630. The highest BCUT2D eigenvalue weighted by Gasteiger charge is 2.58. The van der Waals surface area contributed by atoms with Crippen molar-refractivity contribution in [1.29, 1.82) is 0 Å². The molecule has 0 aliphatic carbocycles. The van der Waals surface area contributed by atoms with Gasteiger partial charge < -0.3 is 51.2 Å². The summed E-state index contributed by atoms with van der Waals surface area (Å²) < 4.78 is 78.3. The van der Waals surface area contributed by atoms with Crippen LogP contribution < -0.4 is 0 Å². The van der Waals surface area contributed by atoms with Crippen LogP contribution in [0.1, 0.15) is 85.3 Å². The molecule has 14 heteroatoms. The van der Waals surface area contributed by atoms with Gasteiger partial charge in [-0.3, -0.25) is 0 Å². The summed E-state index contributed by atoms with van der Waals surface area (Å²) in [5, 5.41) is -0.394. The highest BCUT2D eigenvalue weighted by molar-refractivity contribution is 6.75. The second kappa shape index (κ2) is 22.6. The van der Waals surface area contributed by atoms with E-state index in [1.54, 1.807) is 6.08 Å². The molecule has 3 fully saturated rings. The van der Waals surface area contributed by atoms with Crippen molar-refractivity contribution in [2.24, 2.45) is 0 Å². The normalized spacial score (nSPS) is 28.8. The Morgan fingerprint density at radius 1 is 0.559 bits per heavy atom. The first kappa shape index (κ1) is 54.9. The summed E-state index contributed by atoms with van der Waals surface area (Å²) in [6, 6.07) is 30.3. The predicted molar refractivity (Wildman–Crippen MR) is 276 cm³/mol. The first-order valence-corrected chi connectivity index (χ1v) is 33.4. The topological polar surface area (TPSA) is 102 Å². The van der Waals surface area contributed by atoms with Crippen LogP contribution in [0.15, 0.2) is 104 Å². The van der Waals surface area contributed by atoms with Gasteiger partial charge in [0.25, 0.3) is 0 Å². The molecule has 0 saturated carbocycles. The van der Waals surface area contributed by atoms with Crippen molar-refractivity contribution >= 4 is 25.0 Å². The molecule has 11 nitrogen and oxygen atoms in total. The average molecular weight is 994 g/mol. The summed E-state index contributed by atoms with van der Waals surface area (Å²) >= 11 is 0. The van der Waals surface area contributed by atoms with Crippen LogP contribution in [0.3, 0.4) is 0 Å². The third-order valence-electron chi connectivity index (χ3n) is 15.1. The zero-order valence-electron chi connectivity index (χ0n) is 43.8. The minimum atomic E-state index is -2.57. The molecule has 378 valence electrons. The van der Waals surface area contributed by atoms with Gasteiger partial charge in [0, 0.05) is 5.56 Å². The molecule has 6 rings (SSSR count). The lowest BCUT2D eigenvalue weighted by molar-refractivity contribution is -0.388. The van der Waals surface area contributed by atoms with Crippen LogP contribution in [-0.2, 0) is 64.4 Å².